The topological polar surface area (TPSA) is 86.3 Å². The average molecular weight is 341 g/mol. The van der Waals surface area contributed by atoms with Gasteiger partial charge in [-0.3, -0.25) is 9.59 Å². The number of benzene rings is 1. The third kappa shape index (κ3) is 2.95. The molecule has 4 rings (SSSR count). The van der Waals surface area contributed by atoms with Crippen LogP contribution < -0.4 is 5.56 Å². The Morgan fingerprint density at radius 2 is 2.08 bits per heavy atom. The normalized spacial score (nSPS) is 26.4. The molecular weight excluding hydrogens is 318 g/mol. The lowest BCUT2D eigenvalue weighted by atomic mass is 9.71. The van der Waals surface area contributed by atoms with Crippen LogP contribution in [0.1, 0.15) is 37.8 Å². The van der Waals surface area contributed by atoms with E-state index in [1.165, 1.54) is 0 Å². The van der Waals surface area contributed by atoms with Crippen LogP contribution in [0.5, 0.6) is 0 Å². The van der Waals surface area contributed by atoms with Crippen molar-refractivity contribution >= 4 is 16.7 Å². The first-order valence-corrected chi connectivity index (χ1v) is 9.03. The van der Waals surface area contributed by atoms with Gasteiger partial charge < -0.3 is 10.0 Å². The number of likely N-dealkylation sites (tertiary alicyclic amines) is 1. The Bertz CT molecular complexity index is 862. The number of aliphatic hydroxyl groups is 1. The van der Waals surface area contributed by atoms with E-state index in [9.17, 15) is 14.7 Å². The number of H-pyrrole nitrogens is 1. The maximum absolute atomic E-state index is 12.8. The van der Waals surface area contributed by atoms with E-state index in [1.807, 2.05) is 17.0 Å². The first-order chi connectivity index (χ1) is 12.1. The van der Waals surface area contributed by atoms with Crippen molar-refractivity contribution in [3.8, 4) is 0 Å². The predicted octanol–water partition coefficient (Wildman–Crippen LogP) is 1.62. The van der Waals surface area contributed by atoms with E-state index in [0.717, 1.165) is 31.1 Å². The number of nitrogens with zero attached hydrogens (tertiary/aromatic N) is 2. The molecule has 1 amide bonds. The number of hydrogen-bond donors (Lipinski definition) is 2. The number of aromatic nitrogens is 2. The van der Waals surface area contributed by atoms with Crippen molar-refractivity contribution in [3.63, 3.8) is 0 Å². The summed E-state index contributed by atoms with van der Waals surface area (Å²) >= 11 is 0. The fraction of sp³-hybridized carbons (Fsp3) is 0.526. The summed E-state index contributed by atoms with van der Waals surface area (Å²) in [6.07, 6.45) is 4.87. The Balaban J connectivity index is 1.53. The predicted molar refractivity (Wildman–Crippen MR) is 94.2 cm³/mol. The lowest BCUT2D eigenvalue weighted by molar-refractivity contribution is -0.142. The van der Waals surface area contributed by atoms with Crippen molar-refractivity contribution < 1.29 is 9.90 Å². The van der Waals surface area contributed by atoms with Gasteiger partial charge in [-0.05, 0) is 25.3 Å². The summed E-state index contributed by atoms with van der Waals surface area (Å²) in [6, 6.07) is 7.22. The Morgan fingerprint density at radius 1 is 1.28 bits per heavy atom. The fourth-order valence-corrected chi connectivity index (χ4v) is 4.36. The van der Waals surface area contributed by atoms with Gasteiger partial charge in [-0.2, -0.15) is 5.10 Å². The van der Waals surface area contributed by atoms with Crippen molar-refractivity contribution in [1.82, 2.24) is 15.1 Å². The van der Waals surface area contributed by atoms with Crippen LogP contribution in [-0.4, -0.2) is 44.8 Å². The molecule has 2 fully saturated rings. The first kappa shape index (κ1) is 16.3. The third-order valence-electron chi connectivity index (χ3n) is 5.87. The number of piperidine rings is 1. The highest BCUT2D eigenvalue weighted by Gasteiger charge is 2.43. The molecular formula is C19H23N3O3. The summed E-state index contributed by atoms with van der Waals surface area (Å²) in [5.74, 6) is 0.191. The monoisotopic (exact) mass is 341 g/mol. The molecule has 1 aromatic heterocycles. The summed E-state index contributed by atoms with van der Waals surface area (Å²) in [5.41, 5.74) is -0.223. The van der Waals surface area contributed by atoms with Crippen LogP contribution in [0, 0.1) is 5.92 Å². The highest BCUT2D eigenvalue weighted by Crippen LogP contribution is 2.39. The van der Waals surface area contributed by atoms with Crippen LogP contribution in [0.3, 0.4) is 0 Å². The summed E-state index contributed by atoms with van der Waals surface area (Å²) in [7, 11) is 0. The van der Waals surface area contributed by atoms with Gasteiger partial charge in [0.15, 0.2) is 0 Å². The summed E-state index contributed by atoms with van der Waals surface area (Å²) < 4.78 is 0. The minimum absolute atomic E-state index is 0.0114. The molecule has 1 saturated carbocycles. The van der Waals surface area contributed by atoms with Gasteiger partial charge in [-0.1, -0.05) is 31.0 Å². The largest absolute Gasteiger partial charge is 0.389 e. The van der Waals surface area contributed by atoms with E-state index in [2.05, 4.69) is 10.2 Å². The number of carbonyl (C=O) groups excluding carboxylic acids is 1. The Hall–Kier alpha value is -2.21. The second-order valence-corrected chi connectivity index (χ2v) is 7.36. The van der Waals surface area contributed by atoms with Crippen molar-refractivity contribution in [2.75, 3.05) is 13.1 Å². The molecule has 2 aliphatic rings. The van der Waals surface area contributed by atoms with Crippen molar-refractivity contribution in [2.45, 2.75) is 44.1 Å². The number of aromatic amines is 1. The van der Waals surface area contributed by atoms with Crippen LogP contribution in [0.15, 0.2) is 29.1 Å². The number of hydrogen-bond acceptors (Lipinski definition) is 4. The number of rotatable bonds is 2. The van der Waals surface area contributed by atoms with Crippen LogP contribution in [0.25, 0.3) is 10.8 Å². The SMILES string of the molecule is O=C(Cc1n[nH]c(=O)c2ccccc12)N1CC[C@]2(O)CCCC[C@@H]2C1. The second kappa shape index (κ2) is 6.26. The molecule has 0 bridgehead atoms. The van der Waals surface area contributed by atoms with E-state index in [0.29, 0.717) is 30.6 Å². The Morgan fingerprint density at radius 3 is 2.92 bits per heavy atom. The van der Waals surface area contributed by atoms with Gasteiger partial charge in [0.1, 0.15) is 0 Å². The third-order valence-corrected chi connectivity index (χ3v) is 5.87. The standard InChI is InChI=1S/C19H23N3O3/c23-17(22-10-9-19(25)8-4-3-5-13(19)12-22)11-16-14-6-1-2-7-15(14)18(24)21-20-16/h1-2,6-7,13,25H,3-5,8-12H2,(H,21,24)/t13-,19-/m1/s1. The quantitative estimate of drug-likeness (QED) is 0.869. The van der Waals surface area contributed by atoms with E-state index in [4.69, 9.17) is 0 Å². The highest BCUT2D eigenvalue weighted by molar-refractivity contribution is 5.88. The van der Waals surface area contributed by atoms with Gasteiger partial charge in [0.05, 0.1) is 23.1 Å². The van der Waals surface area contributed by atoms with Crippen molar-refractivity contribution in [2.24, 2.45) is 5.92 Å². The molecule has 1 aliphatic carbocycles. The molecule has 2 heterocycles. The van der Waals surface area contributed by atoms with E-state index >= 15 is 0 Å². The number of amides is 1. The van der Waals surface area contributed by atoms with Gasteiger partial charge in [-0.25, -0.2) is 5.10 Å². The molecule has 2 N–H and O–H groups in total. The molecule has 25 heavy (non-hydrogen) atoms. The number of fused-ring (bicyclic) bond motifs is 2. The van der Waals surface area contributed by atoms with E-state index < -0.39 is 5.60 Å². The molecule has 6 heteroatoms. The molecule has 2 aromatic rings. The summed E-state index contributed by atoms with van der Waals surface area (Å²) in [6.45, 7) is 1.21. The molecule has 0 radical (unpaired) electrons. The van der Waals surface area contributed by atoms with Crippen molar-refractivity contribution in [3.05, 3.63) is 40.3 Å². The zero-order valence-corrected chi connectivity index (χ0v) is 14.2. The van der Waals surface area contributed by atoms with Crippen LogP contribution in [-0.2, 0) is 11.2 Å². The number of nitrogens with one attached hydrogen (secondary N) is 1. The Kier molecular flexibility index (Phi) is 4.07. The molecule has 1 saturated heterocycles. The van der Waals surface area contributed by atoms with Gasteiger partial charge in [-0.15, -0.1) is 0 Å². The van der Waals surface area contributed by atoms with Gasteiger partial charge in [0.25, 0.3) is 5.56 Å². The molecule has 0 unspecified atom stereocenters. The average Bonchev–Trinajstić information content (AvgIpc) is 2.63. The Labute approximate surface area is 145 Å². The van der Waals surface area contributed by atoms with Gasteiger partial charge in [0.2, 0.25) is 5.91 Å². The smallest absolute Gasteiger partial charge is 0.272 e. The maximum atomic E-state index is 12.8. The fourth-order valence-electron chi connectivity index (χ4n) is 4.36. The lowest BCUT2D eigenvalue weighted by Crippen LogP contribution is -2.54. The van der Waals surface area contributed by atoms with Crippen LogP contribution in [0.4, 0.5) is 0 Å². The van der Waals surface area contributed by atoms with Crippen LogP contribution >= 0.6 is 0 Å². The minimum Gasteiger partial charge on any atom is -0.389 e. The minimum atomic E-state index is -0.585. The summed E-state index contributed by atoms with van der Waals surface area (Å²) in [4.78, 5) is 26.5. The molecule has 132 valence electrons. The molecule has 1 aliphatic heterocycles. The van der Waals surface area contributed by atoms with Crippen LogP contribution in [0.2, 0.25) is 0 Å². The summed E-state index contributed by atoms with van der Waals surface area (Å²) in [5, 5.41) is 18.6. The van der Waals surface area contributed by atoms with E-state index in [-0.39, 0.29) is 23.8 Å². The zero-order chi connectivity index (χ0) is 17.4. The second-order valence-electron chi connectivity index (χ2n) is 7.36. The zero-order valence-electron chi connectivity index (χ0n) is 14.2. The molecule has 0 spiro atoms. The molecule has 1 aromatic carbocycles. The van der Waals surface area contributed by atoms with Crippen molar-refractivity contribution in [1.29, 1.82) is 0 Å². The van der Waals surface area contributed by atoms with Gasteiger partial charge in [0, 0.05) is 24.4 Å². The number of carbonyl (C=O) groups is 1. The maximum Gasteiger partial charge on any atom is 0.272 e. The molecule has 2 atom stereocenters. The molecule has 6 nitrogen and oxygen atoms in total. The lowest BCUT2D eigenvalue weighted by Gasteiger charge is -2.47. The van der Waals surface area contributed by atoms with Gasteiger partial charge >= 0.3 is 0 Å². The first-order valence-electron chi connectivity index (χ1n) is 9.03. The van der Waals surface area contributed by atoms with E-state index in [1.54, 1.807) is 12.1 Å². The highest BCUT2D eigenvalue weighted by atomic mass is 16.3.